The standard InChI is InChI=1S/C16H17Cl2NO2/c1-10-4-15(21-16(10)8-19-13-2-3-13)9-20-14-6-11(17)5-12(18)7-14/h4-7,13,19H,2-3,8-9H2,1H3. The van der Waals surface area contributed by atoms with E-state index >= 15 is 0 Å². The molecule has 3 rings (SSSR count). The van der Waals surface area contributed by atoms with Gasteiger partial charge >= 0.3 is 0 Å². The van der Waals surface area contributed by atoms with Crippen LogP contribution in [-0.2, 0) is 13.2 Å². The number of hydrogen-bond donors (Lipinski definition) is 1. The number of aryl methyl sites for hydroxylation is 1. The highest BCUT2D eigenvalue weighted by Gasteiger charge is 2.21. The smallest absolute Gasteiger partial charge is 0.146 e. The van der Waals surface area contributed by atoms with Crippen LogP contribution in [0.2, 0.25) is 10.0 Å². The molecule has 1 saturated carbocycles. The lowest BCUT2D eigenvalue weighted by Crippen LogP contribution is -2.15. The van der Waals surface area contributed by atoms with Gasteiger partial charge in [0.25, 0.3) is 0 Å². The first-order valence-corrected chi connectivity index (χ1v) is 7.76. The third-order valence-electron chi connectivity index (χ3n) is 3.42. The van der Waals surface area contributed by atoms with Crippen LogP contribution in [0.4, 0.5) is 0 Å². The molecule has 1 aromatic carbocycles. The van der Waals surface area contributed by atoms with Gasteiger partial charge in [0.2, 0.25) is 0 Å². The van der Waals surface area contributed by atoms with Gasteiger partial charge in [-0.25, -0.2) is 0 Å². The van der Waals surface area contributed by atoms with E-state index in [9.17, 15) is 0 Å². The SMILES string of the molecule is Cc1cc(COc2cc(Cl)cc(Cl)c2)oc1CNC1CC1. The molecule has 0 saturated heterocycles. The van der Waals surface area contributed by atoms with Gasteiger partial charge < -0.3 is 14.5 Å². The fraction of sp³-hybridized carbons (Fsp3) is 0.375. The van der Waals surface area contributed by atoms with Crippen LogP contribution >= 0.6 is 23.2 Å². The minimum absolute atomic E-state index is 0.362. The van der Waals surface area contributed by atoms with Crippen LogP contribution < -0.4 is 10.1 Å². The highest BCUT2D eigenvalue weighted by Crippen LogP contribution is 2.26. The number of benzene rings is 1. The summed E-state index contributed by atoms with van der Waals surface area (Å²) in [6.07, 6.45) is 2.54. The lowest BCUT2D eigenvalue weighted by Gasteiger charge is -2.05. The minimum atomic E-state index is 0.362. The van der Waals surface area contributed by atoms with Crippen molar-refractivity contribution in [3.05, 3.63) is 51.4 Å². The molecule has 0 atom stereocenters. The Morgan fingerprint density at radius 2 is 1.90 bits per heavy atom. The Hall–Kier alpha value is -1.16. The summed E-state index contributed by atoms with van der Waals surface area (Å²) in [5.41, 5.74) is 1.14. The molecule has 0 bridgehead atoms. The Morgan fingerprint density at radius 3 is 2.57 bits per heavy atom. The molecule has 1 aliphatic rings. The molecule has 21 heavy (non-hydrogen) atoms. The molecule has 0 radical (unpaired) electrons. The molecule has 2 aromatic rings. The van der Waals surface area contributed by atoms with Crippen molar-refractivity contribution in [1.82, 2.24) is 5.32 Å². The number of nitrogens with one attached hydrogen (secondary N) is 1. The van der Waals surface area contributed by atoms with Crippen molar-refractivity contribution in [1.29, 1.82) is 0 Å². The number of hydrogen-bond acceptors (Lipinski definition) is 3. The zero-order chi connectivity index (χ0) is 14.8. The van der Waals surface area contributed by atoms with E-state index in [0.717, 1.165) is 23.6 Å². The maximum atomic E-state index is 5.94. The van der Waals surface area contributed by atoms with E-state index in [4.69, 9.17) is 32.4 Å². The second-order valence-corrected chi connectivity index (χ2v) is 6.24. The monoisotopic (exact) mass is 325 g/mol. The lowest BCUT2D eigenvalue weighted by molar-refractivity contribution is 0.265. The van der Waals surface area contributed by atoms with E-state index in [2.05, 4.69) is 5.32 Å². The van der Waals surface area contributed by atoms with E-state index in [1.165, 1.54) is 12.8 Å². The quantitative estimate of drug-likeness (QED) is 0.834. The van der Waals surface area contributed by atoms with E-state index < -0.39 is 0 Å². The molecule has 5 heteroatoms. The van der Waals surface area contributed by atoms with Crippen molar-refractivity contribution < 1.29 is 9.15 Å². The van der Waals surface area contributed by atoms with Gasteiger partial charge in [0.05, 0.1) is 6.54 Å². The molecule has 1 aromatic heterocycles. The Morgan fingerprint density at radius 1 is 1.19 bits per heavy atom. The Kier molecular flexibility index (Phi) is 4.43. The van der Waals surface area contributed by atoms with E-state index in [1.54, 1.807) is 18.2 Å². The molecular formula is C16H17Cl2NO2. The summed E-state index contributed by atoms with van der Waals surface area (Å²) in [6.45, 7) is 3.19. The van der Waals surface area contributed by atoms with E-state index in [1.807, 2.05) is 13.0 Å². The summed E-state index contributed by atoms with van der Waals surface area (Å²) in [7, 11) is 0. The van der Waals surface area contributed by atoms with E-state index in [-0.39, 0.29) is 0 Å². The van der Waals surface area contributed by atoms with Crippen LogP contribution in [0.15, 0.2) is 28.7 Å². The summed E-state index contributed by atoms with van der Waals surface area (Å²) < 4.78 is 11.5. The first kappa shape index (κ1) is 14.8. The third-order valence-corrected chi connectivity index (χ3v) is 3.85. The summed E-state index contributed by atoms with van der Waals surface area (Å²) in [4.78, 5) is 0. The average Bonchev–Trinajstić information content (AvgIpc) is 3.17. The largest absolute Gasteiger partial charge is 0.486 e. The molecule has 0 amide bonds. The third kappa shape index (κ3) is 4.16. The minimum Gasteiger partial charge on any atom is -0.486 e. The van der Waals surface area contributed by atoms with Gasteiger partial charge in [0.15, 0.2) is 0 Å². The van der Waals surface area contributed by atoms with Crippen molar-refractivity contribution in [2.24, 2.45) is 0 Å². The molecule has 1 N–H and O–H groups in total. The van der Waals surface area contributed by atoms with Crippen molar-refractivity contribution in [2.75, 3.05) is 0 Å². The summed E-state index contributed by atoms with van der Waals surface area (Å²) in [5, 5.41) is 4.56. The Bertz CT molecular complexity index is 615. The number of halogens is 2. The molecule has 3 nitrogen and oxygen atoms in total. The maximum absolute atomic E-state index is 5.94. The zero-order valence-corrected chi connectivity index (χ0v) is 13.3. The first-order chi connectivity index (χ1) is 10.1. The predicted octanol–water partition coefficient (Wildman–Crippen LogP) is 4.73. The van der Waals surface area contributed by atoms with Crippen LogP contribution in [0.25, 0.3) is 0 Å². The molecule has 1 aliphatic carbocycles. The van der Waals surface area contributed by atoms with Crippen molar-refractivity contribution in [3.63, 3.8) is 0 Å². The van der Waals surface area contributed by atoms with Crippen molar-refractivity contribution in [2.45, 2.75) is 39.0 Å². The fourth-order valence-electron chi connectivity index (χ4n) is 2.13. The highest BCUT2D eigenvalue weighted by molar-refractivity contribution is 6.34. The van der Waals surface area contributed by atoms with Gasteiger partial charge in [-0.1, -0.05) is 23.2 Å². The molecule has 0 spiro atoms. The Labute approximate surface area is 134 Å². The van der Waals surface area contributed by atoms with Gasteiger partial charge in [-0.15, -0.1) is 0 Å². The highest BCUT2D eigenvalue weighted by atomic mass is 35.5. The topological polar surface area (TPSA) is 34.4 Å². The van der Waals surface area contributed by atoms with Gasteiger partial charge in [-0.3, -0.25) is 0 Å². The van der Waals surface area contributed by atoms with Crippen LogP contribution in [0, 0.1) is 6.92 Å². The number of rotatable bonds is 6. The zero-order valence-electron chi connectivity index (χ0n) is 11.8. The summed E-state index contributed by atoms with van der Waals surface area (Å²) in [5.74, 6) is 2.42. The molecular weight excluding hydrogens is 309 g/mol. The average molecular weight is 326 g/mol. The molecule has 112 valence electrons. The van der Waals surface area contributed by atoms with Crippen LogP contribution in [0.5, 0.6) is 5.75 Å². The molecule has 1 fully saturated rings. The van der Waals surface area contributed by atoms with Crippen LogP contribution in [0.3, 0.4) is 0 Å². The van der Waals surface area contributed by atoms with Crippen molar-refractivity contribution in [3.8, 4) is 5.75 Å². The van der Waals surface area contributed by atoms with Gasteiger partial charge in [-0.05, 0) is 49.6 Å². The maximum Gasteiger partial charge on any atom is 0.146 e. The second-order valence-electron chi connectivity index (χ2n) is 5.37. The van der Waals surface area contributed by atoms with E-state index in [0.29, 0.717) is 28.4 Å². The Balaban J connectivity index is 1.60. The van der Waals surface area contributed by atoms with Gasteiger partial charge in [0.1, 0.15) is 23.9 Å². The van der Waals surface area contributed by atoms with Gasteiger partial charge in [0, 0.05) is 16.1 Å². The lowest BCUT2D eigenvalue weighted by atomic mass is 10.2. The van der Waals surface area contributed by atoms with Crippen LogP contribution in [-0.4, -0.2) is 6.04 Å². The molecule has 1 heterocycles. The second kappa shape index (κ2) is 6.30. The normalized spacial score (nSPS) is 14.4. The van der Waals surface area contributed by atoms with Crippen LogP contribution in [0.1, 0.15) is 29.9 Å². The predicted molar refractivity (Wildman–Crippen MR) is 84.1 cm³/mol. The van der Waals surface area contributed by atoms with Gasteiger partial charge in [-0.2, -0.15) is 0 Å². The molecule has 0 unspecified atom stereocenters. The van der Waals surface area contributed by atoms with Crippen molar-refractivity contribution >= 4 is 23.2 Å². The fourth-order valence-corrected chi connectivity index (χ4v) is 2.63. The summed E-state index contributed by atoms with van der Waals surface area (Å²) in [6, 6.07) is 7.82. The number of furan rings is 1. The molecule has 0 aliphatic heterocycles. The number of ether oxygens (including phenoxy) is 1. The first-order valence-electron chi connectivity index (χ1n) is 7.00. The summed E-state index contributed by atoms with van der Waals surface area (Å²) >= 11 is 11.9.